The van der Waals surface area contributed by atoms with E-state index in [0.29, 0.717) is 0 Å². The first-order valence-corrected chi connectivity index (χ1v) is 11.5. The SMILES string of the molecule is O=C(NC1CCC(F)(F)CC1)C(c1ccccc1Cl)N(C(=O)Cn1cncn1)c1ccc(F)c(F)c1. The van der Waals surface area contributed by atoms with E-state index in [0.717, 1.165) is 23.1 Å². The number of benzene rings is 2. The van der Waals surface area contributed by atoms with E-state index in [1.807, 2.05) is 0 Å². The molecule has 1 N–H and O–H groups in total. The first-order valence-electron chi connectivity index (χ1n) is 11.2. The van der Waals surface area contributed by atoms with Crippen molar-refractivity contribution in [3.63, 3.8) is 0 Å². The Morgan fingerprint density at radius 2 is 1.86 bits per heavy atom. The Labute approximate surface area is 209 Å². The van der Waals surface area contributed by atoms with E-state index in [4.69, 9.17) is 11.6 Å². The van der Waals surface area contributed by atoms with Gasteiger partial charge in [0.25, 0.3) is 0 Å². The largest absolute Gasteiger partial charge is 0.351 e. The Balaban J connectivity index is 1.75. The van der Waals surface area contributed by atoms with Gasteiger partial charge in [-0.2, -0.15) is 5.10 Å². The highest BCUT2D eigenvalue weighted by atomic mass is 35.5. The molecule has 2 amide bonds. The smallest absolute Gasteiger partial charge is 0.249 e. The van der Waals surface area contributed by atoms with Gasteiger partial charge in [0.05, 0.1) is 0 Å². The number of hydrogen-bond donors (Lipinski definition) is 1. The lowest BCUT2D eigenvalue weighted by Gasteiger charge is -2.34. The summed E-state index contributed by atoms with van der Waals surface area (Å²) in [5, 5.41) is 6.78. The van der Waals surface area contributed by atoms with E-state index < -0.39 is 41.5 Å². The van der Waals surface area contributed by atoms with Crippen LogP contribution in [0.4, 0.5) is 23.2 Å². The maximum Gasteiger partial charge on any atom is 0.249 e. The maximum absolute atomic E-state index is 14.2. The summed E-state index contributed by atoms with van der Waals surface area (Å²) in [7, 11) is 0. The Bertz CT molecular complexity index is 1230. The quantitative estimate of drug-likeness (QED) is 0.456. The molecule has 1 aliphatic rings. The molecule has 1 atom stereocenters. The fraction of sp³-hybridized carbons (Fsp3) is 0.333. The molecule has 1 fully saturated rings. The van der Waals surface area contributed by atoms with Crippen LogP contribution in [0.25, 0.3) is 0 Å². The van der Waals surface area contributed by atoms with E-state index in [2.05, 4.69) is 15.4 Å². The van der Waals surface area contributed by atoms with Crippen molar-refractivity contribution in [2.45, 2.75) is 50.2 Å². The van der Waals surface area contributed by atoms with Crippen LogP contribution in [0.15, 0.2) is 55.1 Å². The third-order valence-electron chi connectivity index (χ3n) is 5.98. The topological polar surface area (TPSA) is 80.1 Å². The van der Waals surface area contributed by atoms with Crippen molar-refractivity contribution in [3.8, 4) is 0 Å². The summed E-state index contributed by atoms with van der Waals surface area (Å²) in [6, 6.07) is 7.10. The summed E-state index contributed by atoms with van der Waals surface area (Å²) in [5.74, 6) is -6.55. The molecule has 0 radical (unpaired) electrons. The van der Waals surface area contributed by atoms with Crippen molar-refractivity contribution in [3.05, 3.63) is 77.3 Å². The van der Waals surface area contributed by atoms with Crippen LogP contribution in [0.2, 0.25) is 5.02 Å². The molecule has 0 spiro atoms. The summed E-state index contributed by atoms with van der Waals surface area (Å²) < 4.78 is 56.4. The number of anilines is 1. The zero-order valence-electron chi connectivity index (χ0n) is 18.9. The maximum atomic E-state index is 14.2. The third kappa shape index (κ3) is 5.84. The second kappa shape index (κ2) is 10.7. The molecule has 1 unspecified atom stereocenters. The van der Waals surface area contributed by atoms with Gasteiger partial charge in [0.1, 0.15) is 25.2 Å². The molecule has 36 heavy (non-hydrogen) atoms. The molecule has 4 rings (SSSR count). The normalized spacial score (nSPS) is 16.4. The molecule has 0 saturated heterocycles. The molecule has 2 aromatic carbocycles. The number of aromatic nitrogens is 3. The number of carbonyl (C=O) groups is 2. The van der Waals surface area contributed by atoms with Gasteiger partial charge in [-0.1, -0.05) is 29.8 Å². The van der Waals surface area contributed by atoms with Gasteiger partial charge < -0.3 is 5.32 Å². The van der Waals surface area contributed by atoms with Crippen molar-refractivity contribution in [2.75, 3.05) is 4.90 Å². The van der Waals surface area contributed by atoms with Gasteiger partial charge in [0.2, 0.25) is 17.7 Å². The zero-order chi connectivity index (χ0) is 25.9. The van der Waals surface area contributed by atoms with Crippen molar-refractivity contribution in [1.82, 2.24) is 20.1 Å². The highest BCUT2D eigenvalue weighted by molar-refractivity contribution is 6.31. The van der Waals surface area contributed by atoms with Gasteiger partial charge in [0, 0.05) is 41.2 Å². The number of nitrogens with zero attached hydrogens (tertiary/aromatic N) is 4. The van der Waals surface area contributed by atoms with Gasteiger partial charge in [-0.3, -0.25) is 14.5 Å². The van der Waals surface area contributed by atoms with E-state index in [9.17, 15) is 27.2 Å². The van der Waals surface area contributed by atoms with Crippen LogP contribution >= 0.6 is 11.6 Å². The predicted molar refractivity (Wildman–Crippen MR) is 123 cm³/mol. The molecule has 190 valence electrons. The lowest BCUT2D eigenvalue weighted by Crippen LogP contribution is -2.49. The highest BCUT2D eigenvalue weighted by Crippen LogP contribution is 2.36. The molecular formula is C24H22ClF4N5O2. The van der Waals surface area contributed by atoms with Crippen molar-refractivity contribution in [2.24, 2.45) is 0 Å². The van der Waals surface area contributed by atoms with Gasteiger partial charge in [-0.25, -0.2) is 27.2 Å². The second-order valence-corrected chi connectivity index (χ2v) is 8.93. The minimum Gasteiger partial charge on any atom is -0.351 e. The summed E-state index contributed by atoms with van der Waals surface area (Å²) >= 11 is 6.40. The Kier molecular flexibility index (Phi) is 7.58. The van der Waals surface area contributed by atoms with Crippen LogP contribution in [0.1, 0.15) is 37.3 Å². The zero-order valence-corrected chi connectivity index (χ0v) is 19.6. The van der Waals surface area contributed by atoms with E-state index >= 15 is 0 Å². The second-order valence-electron chi connectivity index (χ2n) is 8.52. The van der Waals surface area contributed by atoms with Crippen LogP contribution < -0.4 is 10.2 Å². The molecule has 1 heterocycles. The standard InChI is InChI=1S/C24H22ClF4N5O2/c25-18-4-2-1-3-17(18)22(23(36)32-15-7-9-24(28,29)10-8-15)34(16-5-6-19(26)20(27)11-16)21(35)12-33-14-30-13-31-33/h1-6,11,13-15,22H,7-10,12H2,(H,32,36). The lowest BCUT2D eigenvalue weighted by molar-refractivity contribution is -0.128. The molecule has 7 nitrogen and oxygen atoms in total. The van der Waals surface area contributed by atoms with Crippen LogP contribution in [-0.4, -0.2) is 38.5 Å². The number of halogens is 5. The Hall–Kier alpha value is -3.47. The van der Waals surface area contributed by atoms with Crippen molar-refractivity contribution >= 4 is 29.1 Å². The van der Waals surface area contributed by atoms with E-state index in [1.54, 1.807) is 12.1 Å². The van der Waals surface area contributed by atoms with Gasteiger partial charge in [-0.05, 0) is 31.0 Å². The van der Waals surface area contributed by atoms with Gasteiger partial charge in [0.15, 0.2) is 11.6 Å². The first kappa shape index (κ1) is 25.6. The molecular weight excluding hydrogens is 502 g/mol. The molecule has 12 heteroatoms. The van der Waals surface area contributed by atoms with Crippen molar-refractivity contribution in [1.29, 1.82) is 0 Å². The molecule has 3 aromatic rings. The average Bonchev–Trinajstić information content (AvgIpc) is 3.34. The predicted octanol–water partition coefficient (Wildman–Crippen LogP) is 4.68. The third-order valence-corrected chi connectivity index (χ3v) is 6.33. The summed E-state index contributed by atoms with van der Waals surface area (Å²) in [6.07, 6.45) is 1.83. The van der Waals surface area contributed by atoms with Crippen molar-refractivity contribution < 1.29 is 27.2 Å². The molecule has 0 bridgehead atoms. The summed E-state index contributed by atoms with van der Waals surface area (Å²) in [5.41, 5.74) is 0.115. The van der Waals surface area contributed by atoms with Gasteiger partial charge in [-0.15, -0.1) is 0 Å². The number of hydrogen-bond acceptors (Lipinski definition) is 4. The van der Waals surface area contributed by atoms with Crippen LogP contribution in [0.5, 0.6) is 0 Å². The fourth-order valence-corrected chi connectivity index (χ4v) is 4.40. The fourth-order valence-electron chi connectivity index (χ4n) is 4.16. The Morgan fingerprint density at radius 1 is 1.14 bits per heavy atom. The minimum absolute atomic E-state index is 0.0477. The number of nitrogens with one attached hydrogen (secondary N) is 1. The molecule has 0 aliphatic heterocycles. The van der Waals surface area contributed by atoms with Crippen LogP contribution in [0, 0.1) is 11.6 Å². The number of alkyl halides is 2. The van der Waals surface area contributed by atoms with E-state index in [1.165, 1.54) is 29.5 Å². The van der Waals surface area contributed by atoms with E-state index in [-0.39, 0.29) is 48.5 Å². The van der Waals surface area contributed by atoms with Crippen LogP contribution in [-0.2, 0) is 16.1 Å². The molecule has 1 aromatic heterocycles. The highest BCUT2D eigenvalue weighted by Gasteiger charge is 2.39. The lowest BCUT2D eigenvalue weighted by atomic mass is 9.91. The Morgan fingerprint density at radius 3 is 2.50 bits per heavy atom. The minimum atomic E-state index is -2.80. The van der Waals surface area contributed by atoms with Crippen LogP contribution in [0.3, 0.4) is 0 Å². The average molecular weight is 524 g/mol. The molecule has 1 saturated carbocycles. The number of carbonyl (C=O) groups excluding carboxylic acids is 2. The monoisotopic (exact) mass is 523 g/mol. The summed E-state index contributed by atoms with van der Waals surface area (Å²) in [6.45, 7) is -0.372. The van der Waals surface area contributed by atoms with Gasteiger partial charge >= 0.3 is 0 Å². The molecule has 1 aliphatic carbocycles. The first-order chi connectivity index (χ1) is 17.1. The number of amides is 2. The summed E-state index contributed by atoms with van der Waals surface area (Å²) in [4.78, 5) is 31.9. The number of rotatable bonds is 7.